The first-order chi connectivity index (χ1) is 9.76. The molecule has 2 atom stereocenters. The highest BCUT2D eigenvalue weighted by atomic mass is 127. The molecule has 1 heteroatoms. The zero-order valence-corrected chi connectivity index (χ0v) is 14.3. The van der Waals surface area contributed by atoms with Crippen LogP contribution in [0.25, 0.3) is 0 Å². The first-order valence-corrected chi connectivity index (χ1v) is 8.50. The van der Waals surface area contributed by atoms with Gasteiger partial charge in [0.2, 0.25) is 0 Å². The van der Waals surface area contributed by atoms with E-state index in [0.717, 1.165) is 12.8 Å². The van der Waals surface area contributed by atoms with Gasteiger partial charge < -0.3 is 0 Å². The van der Waals surface area contributed by atoms with Gasteiger partial charge in [0.25, 0.3) is 0 Å². The normalized spacial score (nSPS) is 24.1. The zero-order valence-electron chi connectivity index (χ0n) is 12.2. The molecule has 0 nitrogen and oxygen atoms in total. The molecule has 2 aliphatic rings. The van der Waals surface area contributed by atoms with Gasteiger partial charge in [-0.05, 0) is 81.8 Å². The van der Waals surface area contributed by atoms with Crippen molar-refractivity contribution in [2.45, 2.75) is 32.6 Å². The lowest BCUT2D eigenvalue weighted by Gasteiger charge is -2.31. The predicted molar refractivity (Wildman–Crippen MR) is 97.9 cm³/mol. The second kappa shape index (κ2) is 7.82. The average Bonchev–Trinajstić information content (AvgIpc) is 2.49. The second-order valence-electron chi connectivity index (χ2n) is 5.41. The molecule has 0 fully saturated rings. The predicted octanol–water partition coefficient (Wildman–Crippen LogP) is 6.30. The Balaban J connectivity index is 2.27. The molecule has 0 aliphatic heterocycles. The molecule has 0 amide bonds. The molecular weight excluding hydrogens is 355 g/mol. The van der Waals surface area contributed by atoms with E-state index in [2.05, 4.69) is 84.7 Å². The van der Waals surface area contributed by atoms with Crippen LogP contribution in [0.4, 0.5) is 0 Å². The fourth-order valence-electron chi connectivity index (χ4n) is 2.98. The van der Waals surface area contributed by atoms with Crippen LogP contribution in [0, 0.1) is 11.8 Å². The molecule has 0 saturated carbocycles. The maximum absolute atomic E-state index is 4.08. The van der Waals surface area contributed by atoms with E-state index in [4.69, 9.17) is 0 Å². The maximum atomic E-state index is 4.08. The van der Waals surface area contributed by atoms with E-state index < -0.39 is 0 Å². The molecule has 0 N–H and O–H groups in total. The van der Waals surface area contributed by atoms with Crippen molar-refractivity contribution in [2.24, 2.45) is 11.8 Å². The fourth-order valence-corrected chi connectivity index (χ4v) is 3.63. The minimum Gasteiger partial charge on any atom is -0.103 e. The van der Waals surface area contributed by atoms with Gasteiger partial charge in [-0.15, -0.1) is 6.58 Å². The van der Waals surface area contributed by atoms with Gasteiger partial charge in [0, 0.05) is 0 Å². The van der Waals surface area contributed by atoms with E-state index in [1.165, 1.54) is 27.6 Å². The van der Waals surface area contributed by atoms with Gasteiger partial charge in [0.15, 0.2) is 0 Å². The largest absolute Gasteiger partial charge is 0.103 e. The summed E-state index contributed by atoms with van der Waals surface area (Å²) in [6.07, 6.45) is 22.5. The van der Waals surface area contributed by atoms with E-state index in [9.17, 15) is 0 Å². The van der Waals surface area contributed by atoms with Crippen molar-refractivity contribution < 1.29 is 0 Å². The monoisotopic (exact) mass is 378 g/mol. The molecule has 106 valence electrons. The lowest BCUT2D eigenvalue weighted by molar-refractivity contribution is 0.457. The van der Waals surface area contributed by atoms with Crippen LogP contribution in [0.1, 0.15) is 32.6 Å². The van der Waals surface area contributed by atoms with E-state index in [1.807, 2.05) is 0 Å². The molecule has 0 aromatic rings. The van der Waals surface area contributed by atoms with E-state index in [0.29, 0.717) is 11.8 Å². The van der Waals surface area contributed by atoms with Crippen LogP contribution in [-0.4, -0.2) is 0 Å². The van der Waals surface area contributed by atoms with Crippen molar-refractivity contribution in [2.75, 3.05) is 0 Å². The highest BCUT2D eigenvalue weighted by Gasteiger charge is 2.26. The highest BCUT2D eigenvalue weighted by molar-refractivity contribution is 14.1. The topological polar surface area (TPSA) is 0 Å². The Labute approximate surface area is 136 Å². The Morgan fingerprint density at radius 3 is 2.90 bits per heavy atom. The van der Waals surface area contributed by atoms with Gasteiger partial charge in [0.05, 0.1) is 0 Å². The smallest absolute Gasteiger partial charge is 0.00485 e. The third-order valence-electron chi connectivity index (χ3n) is 4.11. The van der Waals surface area contributed by atoms with Crippen LogP contribution in [0.5, 0.6) is 0 Å². The van der Waals surface area contributed by atoms with Crippen molar-refractivity contribution in [1.29, 1.82) is 0 Å². The van der Waals surface area contributed by atoms with Crippen LogP contribution in [0.3, 0.4) is 0 Å². The quantitative estimate of drug-likeness (QED) is 0.389. The van der Waals surface area contributed by atoms with Gasteiger partial charge in [-0.2, -0.15) is 0 Å². The minimum atomic E-state index is 0.530. The second-order valence-corrected chi connectivity index (χ2v) is 6.79. The summed E-state index contributed by atoms with van der Waals surface area (Å²) >= 11 is 2.47. The molecule has 0 aromatic heterocycles. The average molecular weight is 378 g/mol. The van der Waals surface area contributed by atoms with Crippen molar-refractivity contribution in [1.82, 2.24) is 0 Å². The van der Waals surface area contributed by atoms with Gasteiger partial charge in [-0.25, -0.2) is 0 Å². The van der Waals surface area contributed by atoms with Crippen molar-refractivity contribution >= 4 is 22.6 Å². The lowest BCUT2D eigenvalue weighted by atomic mass is 9.75. The lowest BCUT2D eigenvalue weighted by Crippen LogP contribution is -2.19. The minimum absolute atomic E-state index is 0.530. The number of hydrogen-bond donors (Lipinski definition) is 0. The SMILES string of the molecule is C=CC(C/C=C\C)C1CC(I)=CC=C1C1=CC=CCC1. The number of rotatable bonds is 5. The Morgan fingerprint density at radius 2 is 2.25 bits per heavy atom. The molecule has 2 aliphatic carbocycles. The van der Waals surface area contributed by atoms with Crippen LogP contribution >= 0.6 is 22.6 Å². The first kappa shape index (κ1) is 15.6. The van der Waals surface area contributed by atoms with Crippen LogP contribution < -0.4 is 0 Å². The zero-order chi connectivity index (χ0) is 14.4. The summed E-state index contributed by atoms with van der Waals surface area (Å²) in [4.78, 5) is 0. The molecule has 0 radical (unpaired) electrons. The maximum Gasteiger partial charge on any atom is -0.00485 e. The van der Waals surface area contributed by atoms with Crippen LogP contribution in [-0.2, 0) is 0 Å². The van der Waals surface area contributed by atoms with Crippen molar-refractivity contribution in [3.63, 3.8) is 0 Å². The number of hydrogen-bond acceptors (Lipinski definition) is 0. The van der Waals surface area contributed by atoms with Crippen molar-refractivity contribution in [3.05, 3.63) is 69.9 Å². The van der Waals surface area contributed by atoms with E-state index in [1.54, 1.807) is 0 Å². The molecule has 0 spiro atoms. The molecule has 2 unspecified atom stereocenters. The molecule has 0 saturated heterocycles. The third kappa shape index (κ3) is 3.85. The number of halogens is 1. The summed E-state index contributed by atoms with van der Waals surface area (Å²) in [5.74, 6) is 1.11. The van der Waals surface area contributed by atoms with Gasteiger partial charge in [0.1, 0.15) is 0 Å². The van der Waals surface area contributed by atoms with Crippen LogP contribution in [0.15, 0.2) is 69.9 Å². The Kier molecular flexibility index (Phi) is 6.08. The summed E-state index contributed by atoms with van der Waals surface area (Å²) < 4.78 is 1.45. The Morgan fingerprint density at radius 1 is 1.40 bits per heavy atom. The molecule has 2 rings (SSSR count). The highest BCUT2D eigenvalue weighted by Crippen LogP contribution is 2.41. The Hall–Kier alpha value is -0.830. The summed E-state index contributed by atoms with van der Waals surface area (Å²) in [7, 11) is 0. The van der Waals surface area contributed by atoms with Gasteiger partial charge >= 0.3 is 0 Å². The standard InChI is InChI=1S/C19H23I/c1-3-5-9-15(4-2)19-14-17(20)12-13-18(19)16-10-7-6-8-11-16/h3-7,10,12-13,15,19H,2,8-9,11,14H2,1H3/b5-3-. The molecule has 20 heavy (non-hydrogen) atoms. The Bertz CT molecular complexity index is 500. The van der Waals surface area contributed by atoms with E-state index in [-0.39, 0.29) is 0 Å². The summed E-state index contributed by atoms with van der Waals surface area (Å²) in [5.41, 5.74) is 3.05. The van der Waals surface area contributed by atoms with Gasteiger partial charge in [-0.3, -0.25) is 0 Å². The first-order valence-electron chi connectivity index (χ1n) is 7.42. The molecule has 0 heterocycles. The number of allylic oxidation sites excluding steroid dienone is 11. The van der Waals surface area contributed by atoms with Crippen molar-refractivity contribution in [3.8, 4) is 0 Å². The van der Waals surface area contributed by atoms with E-state index >= 15 is 0 Å². The molecule has 0 bridgehead atoms. The summed E-state index contributed by atoms with van der Waals surface area (Å²) in [5, 5.41) is 0. The summed E-state index contributed by atoms with van der Waals surface area (Å²) in [6.45, 7) is 6.17. The molecular formula is C19H23I. The van der Waals surface area contributed by atoms with Gasteiger partial charge in [-0.1, -0.05) is 48.6 Å². The van der Waals surface area contributed by atoms with Crippen LogP contribution in [0.2, 0.25) is 0 Å². The fraction of sp³-hybridized carbons (Fsp3) is 0.368. The third-order valence-corrected chi connectivity index (χ3v) is 4.91. The summed E-state index contributed by atoms with van der Waals surface area (Å²) in [6, 6.07) is 0. The molecule has 0 aromatic carbocycles.